The molecule has 0 radical (unpaired) electrons. The predicted octanol–water partition coefficient (Wildman–Crippen LogP) is 3.29. The highest BCUT2D eigenvalue weighted by atomic mass is 35.5. The molecule has 1 atom stereocenters. The van der Waals surface area contributed by atoms with Gasteiger partial charge in [-0.05, 0) is 42.0 Å². The summed E-state index contributed by atoms with van der Waals surface area (Å²) in [5.74, 6) is -0.356. The van der Waals surface area contributed by atoms with Crippen molar-refractivity contribution in [2.24, 2.45) is 0 Å². The Bertz CT molecular complexity index is 1030. The Hall–Kier alpha value is -3.32. The van der Waals surface area contributed by atoms with Gasteiger partial charge in [-0.1, -0.05) is 23.7 Å². The van der Waals surface area contributed by atoms with E-state index in [-0.39, 0.29) is 18.4 Å². The molecule has 2 N–H and O–H groups in total. The Morgan fingerprint density at radius 3 is 2.76 bits per heavy atom. The summed E-state index contributed by atoms with van der Waals surface area (Å²) >= 11 is 6.06. The number of nitrogens with zero attached hydrogens (tertiary/aromatic N) is 1. The third-order valence-corrected chi connectivity index (χ3v) is 4.97. The minimum absolute atomic E-state index is 0.171. The van der Waals surface area contributed by atoms with Crippen LogP contribution in [0.15, 0.2) is 42.5 Å². The smallest absolute Gasteiger partial charge is 0.414 e. The second kappa shape index (κ2) is 7.60. The molecule has 1 fully saturated rings. The van der Waals surface area contributed by atoms with Crippen LogP contribution in [0.2, 0.25) is 5.02 Å². The van der Waals surface area contributed by atoms with Crippen molar-refractivity contribution in [1.82, 2.24) is 5.32 Å². The molecule has 2 aromatic carbocycles. The van der Waals surface area contributed by atoms with Crippen LogP contribution in [0, 0.1) is 0 Å². The van der Waals surface area contributed by atoms with E-state index in [1.54, 1.807) is 36.4 Å². The maximum Gasteiger partial charge on any atom is 0.414 e. The number of benzene rings is 2. The van der Waals surface area contributed by atoms with Gasteiger partial charge in [0.25, 0.3) is 5.91 Å². The zero-order valence-electron chi connectivity index (χ0n) is 15.6. The monoisotopic (exact) mass is 411 g/mol. The molecule has 7 nitrogen and oxygen atoms in total. The largest absolute Gasteiger partial charge is 0.442 e. The SMILES string of the molecule is CC(=O)NC[C@H]1CN(c2ccc(C=C3C(=O)Nc4ccc(Cl)cc43)cc2)C(=O)O1. The number of cyclic esters (lactones) is 1. The molecular formula is C21H18ClN3O4. The Morgan fingerprint density at radius 1 is 1.28 bits per heavy atom. The highest BCUT2D eigenvalue weighted by Gasteiger charge is 2.32. The highest BCUT2D eigenvalue weighted by molar-refractivity contribution is 6.36. The molecule has 2 aliphatic rings. The van der Waals surface area contributed by atoms with Crippen molar-refractivity contribution in [2.45, 2.75) is 13.0 Å². The van der Waals surface area contributed by atoms with Crippen molar-refractivity contribution >= 4 is 52.5 Å². The molecule has 2 heterocycles. The molecular weight excluding hydrogens is 394 g/mol. The maximum atomic E-state index is 12.3. The number of carbonyl (C=O) groups excluding carboxylic acids is 3. The summed E-state index contributed by atoms with van der Waals surface area (Å²) in [6, 6.07) is 12.5. The first-order chi connectivity index (χ1) is 13.9. The molecule has 2 aromatic rings. The third kappa shape index (κ3) is 3.95. The van der Waals surface area contributed by atoms with Gasteiger partial charge < -0.3 is 15.4 Å². The van der Waals surface area contributed by atoms with Gasteiger partial charge in [0.05, 0.1) is 13.1 Å². The zero-order chi connectivity index (χ0) is 20.5. The molecule has 0 bridgehead atoms. The normalized spacial score (nSPS) is 19.2. The number of fused-ring (bicyclic) bond motifs is 1. The van der Waals surface area contributed by atoms with Crippen LogP contribution >= 0.6 is 11.6 Å². The molecule has 4 rings (SSSR count). The average molecular weight is 412 g/mol. The van der Waals surface area contributed by atoms with Crippen LogP contribution in [-0.4, -0.2) is 37.1 Å². The Labute approximate surface area is 172 Å². The van der Waals surface area contributed by atoms with Gasteiger partial charge in [-0.3, -0.25) is 14.5 Å². The van der Waals surface area contributed by atoms with E-state index < -0.39 is 12.2 Å². The van der Waals surface area contributed by atoms with Gasteiger partial charge in [0.2, 0.25) is 5.91 Å². The summed E-state index contributed by atoms with van der Waals surface area (Å²) < 4.78 is 5.28. The number of carbonyl (C=O) groups is 3. The van der Waals surface area contributed by atoms with Crippen LogP contribution in [0.1, 0.15) is 18.1 Å². The van der Waals surface area contributed by atoms with Crippen LogP contribution < -0.4 is 15.5 Å². The molecule has 0 aromatic heterocycles. The molecule has 0 unspecified atom stereocenters. The summed E-state index contributed by atoms with van der Waals surface area (Å²) in [6.07, 6.45) is 0.935. The second-order valence-electron chi connectivity index (χ2n) is 6.85. The lowest BCUT2D eigenvalue weighted by atomic mass is 10.0. The molecule has 29 heavy (non-hydrogen) atoms. The fourth-order valence-electron chi connectivity index (χ4n) is 3.32. The van der Waals surface area contributed by atoms with Crippen molar-refractivity contribution < 1.29 is 19.1 Å². The van der Waals surface area contributed by atoms with Crippen molar-refractivity contribution in [2.75, 3.05) is 23.3 Å². The standard InChI is InChI=1S/C21H18ClN3O4/c1-12(26)23-10-16-11-25(21(28)29-16)15-5-2-13(3-6-15)8-18-17-9-14(22)4-7-19(17)24-20(18)27/h2-9,16H,10-11H2,1H3,(H,23,26)(H,24,27)/t16-/m0/s1. The van der Waals surface area contributed by atoms with Crippen LogP contribution in [0.5, 0.6) is 0 Å². The fourth-order valence-corrected chi connectivity index (χ4v) is 3.49. The van der Waals surface area contributed by atoms with E-state index in [4.69, 9.17) is 16.3 Å². The Kier molecular flexibility index (Phi) is 4.98. The van der Waals surface area contributed by atoms with E-state index in [9.17, 15) is 14.4 Å². The highest BCUT2D eigenvalue weighted by Crippen LogP contribution is 2.35. The number of anilines is 2. The number of nitrogens with one attached hydrogen (secondary N) is 2. The number of ether oxygens (including phenoxy) is 1. The van der Waals surface area contributed by atoms with Gasteiger partial charge in [-0.25, -0.2) is 4.79 Å². The molecule has 1 saturated heterocycles. The number of halogens is 1. The topological polar surface area (TPSA) is 87.7 Å². The first-order valence-electron chi connectivity index (χ1n) is 9.06. The van der Waals surface area contributed by atoms with E-state index in [1.165, 1.54) is 11.8 Å². The average Bonchev–Trinajstić information content (AvgIpc) is 3.20. The molecule has 0 aliphatic carbocycles. The fraction of sp³-hybridized carbons (Fsp3) is 0.190. The summed E-state index contributed by atoms with van der Waals surface area (Å²) in [5.41, 5.74) is 3.52. The molecule has 0 saturated carbocycles. The molecule has 8 heteroatoms. The van der Waals surface area contributed by atoms with Gasteiger partial charge in [-0.15, -0.1) is 0 Å². The Morgan fingerprint density at radius 2 is 2.03 bits per heavy atom. The van der Waals surface area contributed by atoms with E-state index in [2.05, 4.69) is 10.6 Å². The zero-order valence-corrected chi connectivity index (χ0v) is 16.3. The van der Waals surface area contributed by atoms with E-state index in [0.29, 0.717) is 22.8 Å². The van der Waals surface area contributed by atoms with Gasteiger partial charge >= 0.3 is 6.09 Å². The van der Waals surface area contributed by atoms with Gasteiger partial charge in [0.1, 0.15) is 6.10 Å². The third-order valence-electron chi connectivity index (χ3n) is 4.73. The molecule has 0 spiro atoms. The lowest BCUT2D eigenvalue weighted by molar-refractivity contribution is -0.119. The van der Waals surface area contributed by atoms with Crippen molar-refractivity contribution in [1.29, 1.82) is 0 Å². The Balaban J connectivity index is 1.51. The van der Waals surface area contributed by atoms with Crippen molar-refractivity contribution in [3.05, 3.63) is 58.6 Å². The van der Waals surface area contributed by atoms with E-state index in [0.717, 1.165) is 16.8 Å². The minimum Gasteiger partial charge on any atom is -0.442 e. The summed E-state index contributed by atoms with van der Waals surface area (Å²) in [5, 5.41) is 6.02. The van der Waals surface area contributed by atoms with Crippen LogP contribution in [0.4, 0.5) is 16.2 Å². The summed E-state index contributed by atoms with van der Waals surface area (Å²) in [4.78, 5) is 36.9. The van der Waals surface area contributed by atoms with Crippen molar-refractivity contribution in [3.63, 3.8) is 0 Å². The lowest BCUT2D eigenvalue weighted by Gasteiger charge is -2.13. The second-order valence-corrected chi connectivity index (χ2v) is 7.28. The number of hydrogen-bond donors (Lipinski definition) is 2. The van der Waals surface area contributed by atoms with Gasteiger partial charge in [-0.2, -0.15) is 0 Å². The predicted molar refractivity (Wildman–Crippen MR) is 111 cm³/mol. The minimum atomic E-state index is -0.454. The molecule has 3 amide bonds. The van der Waals surface area contributed by atoms with Crippen LogP contribution in [0.25, 0.3) is 11.6 Å². The van der Waals surface area contributed by atoms with Gasteiger partial charge in [0, 0.05) is 34.5 Å². The van der Waals surface area contributed by atoms with Crippen LogP contribution in [-0.2, 0) is 14.3 Å². The number of rotatable bonds is 4. The molecule has 148 valence electrons. The first kappa shape index (κ1) is 19.0. The van der Waals surface area contributed by atoms with E-state index >= 15 is 0 Å². The first-order valence-corrected chi connectivity index (χ1v) is 9.44. The number of hydrogen-bond acceptors (Lipinski definition) is 4. The van der Waals surface area contributed by atoms with Crippen molar-refractivity contribution in [3.8, 4) is 0 Å². The van der Waals surface area contributed by atoms with E-state index in [1.807, 2.05) is 12.1 Å². The lowest BCUT2D eigenvalue weighted by Crippen LogP contribution is -2.33. The summed E-state index contributed by atoms with van der Waals surface area (Å²) in [6.45, 7) is 2.05. The molecule has 2 aliphatic heterocycles. The quantitative estimate of drug-likeness (QED) is 0.756. The summed E-state index contributed by atoms with van der Waals surface area (Å²) in [7, 11) is 0. The number of amides is 3. The van der Waals surface area contributed by atoms with Crippen LogP contribution in [0.3, 0.4) is 0 Å². The van der Waals surface area contributed by atoms with Gasteiger partial charge in [0.15, 0.2) is 0 Å². The maximum absolute atomic E-state index is 12.3.